The Kier molecular flexibility index (Phi) is 4.65. The second-order valence-corrected chi connectivity index (χ2v) is 7.55. The van der Waals surface area contributed by atoms with Gasteiger partial charge in [0.25, 0.3) is 5.91 Å². The molecule has 0 aliphatic carbocycles. The van der Waals surface area contributed by atoms with Crippen LogP contribution in [0.3, 0.4) is 0 Å². The van der Waals surface area contributed by atoms with E-state index in [-0.39, 0.29) is 17.2 Å². The quantitative estimate of drug-likeness (QED) is 0.780. The van der Waals surface area contributed by atoms with Crippen LogP contribution in [0.1, 0.15) is 38.1 Å². The van der Waals surface area contributed by atoms with Crippen LogP contribution in [-0.4, -0.2) is 37.4 Å². The number of rotatable bonds is 4. The normalized spacial score (nSPS) is 16.7. The van der Waals surface area contributed by atoms with Crippen LogP contribution in [0, 0.1) is 5.92 Å². The maximum Gasteiger partial charge on any atom is 0.331 e. The van der Waals surface area contributed by atoms with Crippen molar-refractivity contribution in [2.75, 3.05) is 11.0 Å². The molecule has 1 amide bonds. The molecule has 0 N–H and O–H groups in total. The number of carbonyl (C=O) groups is 2. The van der Waals surface area contributed by atoms with E-state index in [1.165, 1.54) is 6.07 Å². The van der Waals surface area contributed by atoms with E-state index in [1.54, 1.807) is 45.9 Å². The average molecular weight is 340 g/mol. The first-order valence-electron chi connectivity index (χ1n) is 7.30. The predicted molar refractivity (Wildman–Crippen MR) is 84.9 cm³/mol. The van der Waals surface area contributed by atoms with E-state index in [4.69, 9.17) is 4.74 Å². The van der Waals surface area contributed by atoms with Gasteiger partial charge in [0.1, 0.15) is 0 Å². The monoisotopic (exact) mass is 340 g/mol. The van der Waals surface area contributed by atoms with Gasteiger partial charge in [-0.1, -0.05) is 26.0 Å². The predicted octanol–water partition coefficient (Wildman–Crippen LogP) is 1.76. The summed E-state index contributed by atoms with van der Waals surface area (Å²) in [7, 11) is -4.11. The number of nitrogens with zero attached hydrogens (tertiary/aromatic N) is 2. The van der Waals surface area contributed by atoms with Crippen molar-refractivity contribution >= 4 is 27.8 Å². The summed E-state index contributed by atoms with van der Waals surface area (Å²) in [6, 6.07) is 5.81. The number of fused-ring (bicyclic) bond motifs is 1. The largest absolute Gasteiger partial charge is 0.443 e. The molecule has 0 bridgehead atoms. The minimum absolute atomic E-state index is 0.214. The number of benzene rings is 1. The molecule has 23 heavy (non-hydrogen) atoms. The van der Waals surface area contributed by atoms with Crippen LogP contribution in [0.4, 0.5) is 5.69 Å². The Morgan fingerprint density at radius 1 is 1.17 bits per heavy atom. The van der Waals surface area contributed by atoms with E-state index in [9.17, 15) is 18.0 Å². The number of hydrogen-bond donors (Lipinski definition) is 0. The van der Waals surface area contributed by atoms with Crippen molar-refractivity contribution in [1.29, 1.82) is 0 Å². The molecule has 126 valence electrons. The lowest BCUT2D eigenvalue weighted by Gasteiger charge is -2.38. The van der Waals surface area contributed by atoms with Gasteiger partial charge in [-0.05, 0) is 26.0 Å². The van der Waals surface area contributed by atoms with Gasteiger partial charge >= 0.3 is 16.2 Å². The number of ether oxygens (including phenoxy) is 1. The topological polar surface area (TPSA) is 84.0 Å². The fourth-order valence-electron chi connectivity index (χ4n) is 2.25. The van der Waals surface area contributed by atoms with Crippen LogP contribution in [0.15, 0.2) is 24.3 Å². The number of amides is 1. The van der Waals surface area contributed by atoms with Crippen LogP contribution < -0.4 is 4.31 Å². The molecule has 1 aromatic carbocycles. The zero-order chi connectivity index (χ0) is 17.4. The molecule has 0 saturated heterocycles. The number of para-hydroxylation sites is 1. The van der Waals surface area contributed by atoms with Gasteiger partial charge in [0, 0.05) is 6.04 Å². The Balaban J connectivity index is 2.48. The molecule has 8 heteroatoms. The third-order valence-corrected chi connectivity index (χ3v) is 5.34. The molecule has 1 aliphatic heterocycles. The van der Waals surface area contributed by atoms with Crippen molar-refractivity contribution in [2.24, 2.45) is 5.92 Å². The maximum absolute atomic E-state index is 12.7. The molecule has 7 nitrogen and oxygen atoms in total. The molecule has 0 spiro atoms. The lowest BCUT2D eigenvalue weighted by molar-refractivity contribution is -0.146. The van der Waals surface area contributed by atoms with Gasteiger partial charge in [-0.25, -0.2) is 8.61 Å². The van der Waals surface area contributed by atoms with Crippen LogP contribution in [0.5, 0.6) is 0 Å². The fourth-order valence-corrected chi connectivity index (χ4v) is 3.90. The summed E-state index contributed by atoms with van der Waals surface area (Å²) in [6.07, 6.45) is 0. The van der Waals surface area contributed by atoms with E-state index in [2.05, 4.69) is 0 Å². The van der Waals surface area contributed by atoms with Crippen LogP contribution >= 0.6 is 0 Å². The second kappa shape index (κ2) is 6.19. The van der Waals surface area contributed by atoms with Crippen LogP contribution in [-0.2, 0) is 19.7 Å². The lowest BCUT2D eigenvalue weighted by atomic mass is 10.1. The standard InChI is InChI=1S/C15H20N2O5S/c1-10(2)15(19)22-9-16-13-8-6-5-7-12(13)14(18)17(11(3)4)23(16,20)21/h5-8,10-11H,9H2,1-4H3. The minimum Gasteiger partial charge on any atom is -0.443 e. The molecule has 0 unspecified atom stereocenters. The van der Waals surface area contributed by atoms with Gasteiger partial charge in [-0.2, -0.15) is 8.42 Å². The first-order valence-corrected chi connectivity index (χ1v) is 8.69. The zero-order valence-electron chi connectivity index (χ0n) is 13.5. The number of anilines is 1. The summed E-state index contributed by atoms with van der Waals surface area (Å²) in [5, 5.41) is 0. The Morgan fingerprint density at radius 2 is 1.78 bits per heavy atom. The Bertz CT molecular complexity index is 727. The van der Waals surface area contributed by atoms with Gasteiger partial charge < -0.3 is 4.74 Å². The molecule has 0 saturated carbocycles. The van der Waals surface area contributed by atoms with Gasteiger partial charge in [0.2, 0.25) is 0 Å². The highest BCUT2D eigenvalue weighted by Gasteiger charge is 2.43. The Labute approximate surface area is 136 Å². The van der Waals surface area contributed by atoms with Crippen molar-refractivity contribution in [2.45, 2.75) is 33.7 Å². The van der Waals surface area contributed by atoms with Gasteiger partial charge in [-0.15, -0.1) is 0 Å². The first-order chi connectivity index (χ1) is 10.7. The molecular weight excluding hydrogens is 320 g/mol. The van der Waals surface area contributed by atoms with Crippen LogP contribution in [0.2, 0.25) is 0 Å². The molecule has 0 aromatic heterocycles. The molecule has 0 fully saturated rings. The highest BCUT2D eigenvalue weighted by Crippen LogP contribution is 2.33. The van der Waals surface area contributed by atoms with Crippen molar-refractivity contribution in [1.82, 2.24) is 4.31 Å². The second-order valence-electron chi connectivity index (χ2n) is 5.82. The summed E-state index contributed by atoms with van der Waals surface area (Å²) in [5.41, 5.74) is 0.475. The molecule has 1 aliphatic rings. The van der Waals surface area contributed by atoms with Gasteiger partial charge in [-0.3, -0.25) is 9.59 Å². The van der Waals surface area contributed by atoms with E-state index in [0.717, 1.165) is 8.61 Å². The van der Waals surface area contributed by atoms with E-state index >= 15 is 0 Å². The molecular formula is C15H20N2O5S. The Morgan fingerprint density at radius 3 is 2.35 bits per heavy atom. The third kappa shape index (κ3) is 3.03. The third-order valence-electron chi connectivity index (χ3n) is 3.39. The lowest BCUT2D eigenvalue weighted by Crippen LogP contribution is -2.54. The summed E-state index contributed by atoms with van der Waals surface area (Å²) < 4.78 is 32.3. The smallest absolute Gasteiger partial charge is 0.331 e. The first kappa shape index (κ1) is 17.3. The minimum atomic E-state index is -4.11. The van der Waals surface area contributed by atoms with E-state index in [1.807, 2.05) is 0 Å². The van der Waals surface area contributed by atoms with Crippen LogP contribution in [0.25, 0.3) is 0 Å². The summed E-state index contributed by atoms with van der Waals surface area (Å²) >= 11 is 0. The molecule has 0 atom stereocenters. The molecule has 1 heterocycles. The molecule has 0 radical (unpaired) electrons. The molecule has 2 rings (SSSR count). The van der Waals surface area contributed by atoms with Crippen molar-refractivity contribution in [3.05, 3.63) is 29.8 Å². The summed E-state index contributed by atoms with van der Waals surface area (Å²) in [5.74, 6) is -1.46. The summed E-state index contributed by atoms with van der Waals surface area (Å²) in [6.45, 7) is 6.08. The van der Waals surface area contributed by atoms with Crippen molar-refractivity contribution < 1.29 is 22.7 Å². The SMILES string of the molecule is CC(C)C(=O)OCN1c2ccccc2C(=O)N(C(C)C)S1(=O)=O. The highest BCUT2D eigenvalue weighted by atomic mass is 32.2. The van der Waals surface area contributed by atoms with Crippen molar-refractivity contribution in [3.8, 4) is 0 Å². The average Bonchev–Trinajstić information content (AvgIpc) is 2.45. The van der Waals surface area contributed by atoms with E-state index in [0.29, 0.717) is 0 Å². The number of esters is 1. The maximum atomic E-state index is 12.7. The van der Waals surface area contributed by atoms with E-state index < -0.39 is 34.9 Å². The van der Waals surface area contributed by atoms with Gasteiger partial charge in [0.15, 0.2) is 6.73 Å². The Hall–Kier alpha value is -2.09. The fraction of sp³-hybridized carbons (Fsp3) is 0.467. The van der Waals surface area contributed by atoms with Gasteiger partial charge in [0.05, 0.1) is 17.2 Å². The zero-order valence-corrected chi connectivity index (χ0v) is 14.3. The number of carbonyl (C=O) groups excluding carboxylic acids is 2. The van der Waals surface area contributed by atoms with Crippen molar-refractivity contribution in [3.63, 3.8) is 0 Å². The number of hydrogen-bond acceptors (Lipinski definition) is 5. The molecule has 1 aromatic rings. The summed E-state index contributed by atoms with van der Waals surface area (Å²) in [4.78, 5) is 24.1. The highest BCUT2D eigenvalue weighted by molar-refractivity contribution is 7.91.